The predicted molar refractivity (Wildman–Crippen MR) is 76.4 cm³/mol. The Balaban J connectivity index is 2.61. The van der Waals surface area contributed by atoms with Crippen LogP contribution in [0.25, 0.3) is 0 Å². The Kier molecular flexibility index (Phi) is 6.77. The van der Waals surface area contributed by atoms with E-state index in [0.29, 0.717) is 13.1 Å². The molecule has 98 valence electrons. The first kappa shape index (κ1) is 15.0. The van der Waals surface area contributed by atoms with Gasteiger partial charge >= 0.3 is 0 Å². The van der Waals surface area contributed by atoms with Crippen LogP contribution in [-0.4, -0.2) is 13.2 Å². The fourth-order valence-corrected chi connectivity index (χ4v) is 1.92. The zero-order valence-corrected chi connectivity index (χ0v) is 12.5. The van der Waals surface area contributed by atoms with E-state index in [1.807, 2.05) is 19.1 Å². The van der Waals surface area contributed by atoms with Crippen molar-refractivity contribution < 1.29 is 4.74 Å². The molecule has 0 spiro atoms. The fraction of sp³-hybridized carbons (Fsp3) is 0.500. The topological polar surface area (TPSA) is 45.0 Å². The highest BCUT2D eigenvalue weighted by Gasteiger charge is 2.05. The summed E-state index contributed by atoms with van der Waals surface area (Å²) in [4.78, 5) is 0. The molecule has 0 saturated heterocycles. The molecule has 0 amide bonds. The fourth-order valence-electron chi connectivity index (χ4n) is 1.51. The average molecular weight is 311 g/mol. The summed E-state index contributed by atoms with van der Waals surface area (Å²) >= 11 is 3.46. The lowest BCUT2D eigenvalue weighted by Crippen LogP contribution is -2.20. The smallest absolute Gasteiger partial charge is 0.123 e. The standard InChI is InChI=1S/C14H19BrN2O/c1-3-6-18-14-5-4-13(15)7-12(14)10-17-9-11(2)8-16/h4-5,7,11,17H,3,6,9-10H2,1-2H3. The molecule has 1 atom stereocenters. The van der Waals surface area contributed by atoms with E-state index in [4.69, 9.17) is 10.00 Å². The number of nitrogens with zero attached hydrogens (tertiary/aromatic N) is 1. The number of rotatable bonds is 7. The molecular formula is C14H19BrN2O. The Labute approximate surface area is 117 Å². The van der Waals surface area contributed by atoms with Crippen molar-refractivity contribution >= 4 is 15.9 Å². The van der Waals surface area contributed by atoms with Gasteiger partial charge in [0.1, 0.15) is 5.75 Å². The first-order valence-corrected chi connectivity index (χ1v) is 6.98. The molecule has 1 N–H and O–H groups in total. The van der Waals surface area contributed by atoms with Crippen molar-refractivity contribution in [2.45, 2.75) is 26.8 Å². The molecule has 0 aliphatic heterocycles. The van der Waals surface area contributed by atoms with Crippen LogP contribution in [0.2, 0.25) is 0 Å². The number of benzene rings is 1. The quantitative estimate of drug-likeness (QED) is 0.838. The van der Waals surface area contributed by atoms with E-state index in [1.165, 1.54) is 0 Å². The highest BCUT2D eigenvalue weighted by molar-refractivity contribution is 9.10. The van der Waals surface area contributed by atoms with Crippen molar-refractivity contribution in [2.24, 2.45) is 5.92 Å². The molecule has 0 heterocycles. The van der Waals surface area contributed by atoms with E-state index in [0.717, 1.165) is 28.8 Å². The molecule has 0 saturated carbocycles. The summed E-state index contributed by atoms with van der Waals surface area (Å²) in [6.07, 6.45) is 0.994. The summed E-state index contributed by atoms with van der Waals surface area (Å²) in [7, 11) is 0. The molecule has 1 rings (SSSR count). The minimum Gasteiger partial charge on any atom is -0.493 e. The molecule has 18 heavy (non-hydrogen) atoms. The Morgan fingerprint density at radius 3 is 2.94 bits per heavy atom. The highest BCUT2D eigenvalue weighted by atomic mass is 79.9. The van der Waals surface area contributed by atoms with Gasteiger partial charge in [-0.05, 0) is 31.5 Å². The molecule has 1 aromatic carbocycles. The van der Waals surface area contributed by atoms with Crippen LogP contribution in [-0.2, 0) is 6.54 Å². The van der Waals surface area contributed by atoms with Crippen LogP contribution in [0.1, 0.15) is 25.8 Å². The molecule has 3 nitrogen and oxygen atoms in total. The molecule has 0 radical (unpaired) electrons. The van der Waals surface area contributed by atoms with Gasteiger partial charge in [0.05, 0.1) is 18.6 Å². The molecule has 0 aromatic heterocycles. The van der Waals surface area contributed by atoms with Crippen LogP contribution in [0.4, 0.5) is 0 Å². The largest absolute Gasteiger partial charge is 0.493 e. The van der Waals surface area contributed by atoms with Gasteiger partial charge in [0.25, 0.3) is 0 Å². The predicted octanol–water partition coefficient (Wildman–Crippen LogP) is 3.49. The van der Waals surface area contributed by atoms with Crippen molar-refractivity contribution in [1.29, 1.82) is 5.26 Å². The van der Waals surface area contributed by atoms with E-state index in [1.54, 1.807) is 0 Å². The maximum atomic E-state index is 8.72. The van der Waals surface area contributed by atoms with Crippen LogP contribution in [0.5, 0.6) is 5.75 Å². The molecule has 1 unspecified atom stereocenters. The first-order valence-electron chi connectivity index (χ1n) is 6.19. The number of nitriles is 1. The summed E-state index contributed by atoms with van der Waals surface area (Å²) in [6.45, 7) is 6.12. The average Bonchev–Trinajstić information content (AvgIpc) is 2.37. The van der Waals surface area contributed by atoms with Crippen LogP contribution in [0, 0.1) is 17.2 Å². The summed E-state index contributed by atoms with van der Waals surface area (Å²) in [5, 5.41) is 12.0. The van der Waals surface area contributed by atoms with Crippen molar-refractivity contribution in [1.82, 2.24) is 5.32 Å². The third kappa shape index (κ3) is 5.07. The summed E-state index contributed by atoms with van der Waals surface area (Å²) in [5.41, 5.74) is 1.11. The molecule has 0 aliphatic carbocycles. The van der Waals surface area contributed by atoms with Gasteiger partial charge in [0.15, 0.2) is 0 Å². The minimum atomic E-state index is 0.0252. The number of ether oxygens (including phenoxy) is 1. The SMILES string of the molecule is CCCOc1ccc(Br)cc1CNCC(C)C#N. The molecule has 1 aromatic rings. The summed E-state index contributed by atoms with van der Waals surface area (Å²) in [5.74, 6) is 0.939. The third-order valence-corrected chi connectivity index (χ3v) is 2.96. The maximum Gasteiger partial charge on any atom is 0.123 e. The lowest BCUT2D eigenvalue weighted by molar-refractivity contribution is 0.313. The van der Waals surface area contributed by atoms with Gasteiger partial charge in [0.2, 0.25) is 0 Å². The number of hydrogen-bond acceptors (Lipinski definition) is 3. The van der Waals surface area contributed by atoms with Crippen LogP contribution in [0.3, 0.4) is 0 Å². The summed E-state index contributed by atoms with van der Waals surface area (Å²) in [6, 6.07) is 8.21. The molecular weight excluding hydrogens is 292 g/mol. The van der Waals surface area contributed by atoms with Crippen molar-refractivity contribution in [3.63, 3.8) is 0 Å². The Morgan fingerprint density at radius 2 is 2.28 bits per heavy atom. The van der Waals surface area contributed by atoms with E-state index in [9.17, 15) is 0 Å². The second-order valence-electron chi connectivity index (χ2n) is 4.26. The Hall–Kier alpha value is -1.05. The molecule has 0 bridgehead atoms. The van der Waals surface area contributed by atoms with Gasteiger partial charge in [0, 0.05) is 23.1 Å². The van der Waals surface area contributed by atoms with Gasteiger partial charge in [-0.3, -0.25) is 0 Å². The highest BCUT2D eigenvalue weighted by Crippen LogP contribution is 2.23. The maximum absolute atomic E-state index is 8.72. The third-order valence-electron chi connectivity index (χ3n) is 2.47. The number of halogens is 1. The second-order valence-corrected chi connectivity index (χ2v) is 5.18. The van der Waals surface area contributed by atoms with Crippen molar-refractivity contribution in [3.05, 3.63) is 28.2 Å². The normalized spacial score (nSPS) is 11.9. The van der Waals surface area contributed by atoms with Gasteiger partial charge < -0.3 is 10.1 Å². The second kappa shape index (κ2) is 8.12. The van der Waals surface area contributed by atoms with Crippen LogP contribution >= 0.6 is 15.9 Å². The van der Waals surface area contributed by atoms with Gasteiger partial charge in [-0.2, -0.15) is 5.26 Å². The van der Waals surface area contributed by atoms with Gasteiger partial charge in [-0.25, -0.2) is 0 Å². The monoisotopic (exact) mass is 310 g/mol. The Morgan fingerprint density at radius 1 is 1.50 bits per heavy atom. The Bertz CT molecular complexity index is 415. The first-order chi connectivity index (χ1) is 8.67. The van der Waals surface area contributed by atoms with Crippen LogP contribution in [0.15, 0.2) is 22.7 Å². The minimum absolute atomic E-state index is 0.0252. The molecule has 4 heteroatoms. The molecule has 0 aliphatic rings. The number of hydrogen-bond donors (Lipinski definition) is 1. The van der Waals surface area contributed by atoms with Gasteiger partial charge in [-0.15, -0.1) is 0 Å². The van der Waals surface area contributed by atoms with E-state index >= 15 is 0 Å². The van der Waals surface area contributed by atoms with Gasteiger partial charge in [-0.1, -0.05) is 22.9 Å². The van der Waals surface area contributed by atoms with E-state index in [2.05, 4.69) is 40.3 Å². The van der Waals surface area contributed by atoms with Crippen LogP contribution < -0.4 is 10.1 Å². The van der Waals surface area contributed by atoms with Crippen molar-refractivity contribution in [3.8, 4) is 11.8 Å². The van der Waals surface area contributed by atoms with E-state index < -0.39 is 0 Å². The lowest BCUT2D eigenvalue weighted by Gasteiger charge is -2.12. The molecule has 0 fully saturated rings. The summed E-state index contributed by atoms with van der Waals surface area (Å²) < 4.78 is 6.74. The zero-order valence-electron chi connectivity index (χ0n) is 10.9. The lowest BCUT2D eigenvalue weighted by atomic mass is 10.1. The van der Waals surface area contributed by atoms with Crippen molar-refractivity contribution in [2.75, 3.05) is 13.2 Å². The van der Waals surface area contributed by atoms with E-state index in [-0.39, 0.29) is 5.92 Å². The number of nitrogens with one attached hydrogen (secondary N) is 1. The zero-order chi connectivity index (χ0) is 13.4.